The number of carbonyl (C=O) groups excluding carboxylic acids is 1. The van der Waals surface area contributed by atoms with Crippen molar-refractivity contribution in [2.75, 3.05) is 5.32 Å². The number of hydrogen-bond acceptors (Lipinski definition) is 3. The molecule has 2 aromatic heterocycles. The van der Waals surface area contributed by atoms with E-state index in [1.165, 1.54) is 0 Å². The lowest BCUT2D eigenvalue weighted by Crippen LogP contribution is -2.13. The fourth-order valence-corrected chi connectivity index (χ4v) is 2.78. The molecule has 0 atom stereocenters. The van der Waals surface area contributed by atoms with E-state index >= 15 is 0 Å². The summed E-state index contributed by atoms with van der Waals surface area (Å²) in [6.07, 6.45) is 2.86. The van der Waals surface area contributed by atoms with Crippen LogP contribution in [0, 0.1) is 13.8 Å². The summed E-state index contributed by atoms with van der Waals surface area (Å²) in [6.45, 7) is 4.03. The van der Waals surface area contributed by atoms with E-state index in [1.54, 1.807) is 16.9 Å². The van der Waals surface area contributed by atoms with Crippen molar-refractivity contribution in [3.05, 3.63) is 59.5 Å². The Bertz CT molecular complexity index is 848. The fraction of sp³-hybridized carbons (Fsp3) is 0.278. The van der Waals surface area contributed by atoms with Crippen molar-refractivity contribution in [3.63, 3.8) is 0 Å². The maximum Gasteiger partial charge on any atom is 0.225 e. The lowest BCUT2D eigenvalue weighted by molar-refractivity contribution is -0.116. The molecule has 2 heterocycles. The molecule has 0 aliphatic carbocycles. The zero-order valence-corrected chi connectivity index (χ0v) is 14.2. The zero-order chi connectivity index (χ0) is 17.1. The van der Waals surface area contributed by atoms with Crippen LogP contribution in [0.4, 0.5) is 5.82 Å². The predicted molar refractivity (Wildman–Crippen MR) is 93.2 cm³/mol. The zero-order valence-electron chi connectivity index (χ0n) is 14.2. The summed E-state index contributed by atoms with van der Waals surface area (Å²) in [7, 11) is 1.82. The second kappa shape index (κ2) is 6.70. The molecule has 0 radical (unpaired) electrons. The molecule has 3 rings (SSSR count). The first-order chi connectivity index (χ1) is 11.5. The van der Waals surface area contributed by atoms with Crippen LogP contribution in [0.2, 0.25) is 0 Å². The molecule has 24 heavy (non-hydrogen) atoms. The van der Waals surface area contributed by atoms with Crippen LogP contribution < -0.4 is 5.32 Å². The van der Waals surface area contributed by atoms with Crippen LogP contribution in [-0.2, 0) is 18.3 Å². The Kier molecular flexibility index (Phi) is 4.46. The number of aromatic nitrogens is 4. The highest BCUT2D eigenvalue weighted by atomic mass is 16.1. The third kappa shape index (κ3) is 3.37. The van der Waals surface area contributed by atoms with E-state index in [0.717, 1.165) is 22.6 Å². The number of para-hydroxylation sites is 1. The van der Waals surface area contributed by atoms with E-state index in [4.69, 9.17) is 0 Å². The fourth-order valence-electron chi connectivity index (χ4n) is 2.78. The lowest BCUT2D eigenvalue weighted by Gasteiger charge is -2.05. The molecule has 1 aromatic carbocycles. The van der Waals surface area contributed by atoms with E-state index in [-0.39, 0.29) is 5.91 Å². The Morgan fingerprint density at radius 3 is 2.54 bits per heavy atom. The van der Waals surface area contributed by atoms with E-state index in [9.17, 15) is 4.79 Å². The second-order valence-corrected chi connectivity index (χ2v) is 5.82. The highest BCUT2D eigenvalue weighted by molar-refractivity contribution is 5.89. The van der Waals surface area contributed by atoms with Crippen molar-refractivity contribution in [1.29, 1.82) is 0 Å². The van der Waals surface area contributed by atoms with Gasteiger partial charge in [0.05, 0.1) is 11.4 Å². The third-order valence-corrected chi connectivity index (χ3v) is 4.03. The Balaban J connectivity index is 1.69. The van der Waals surface area contributed by atoms with Crippen LogP contribution >= 0.6 is 0 Å². The van der Waals surface area contributed by atoms with Crippen LogP contribution in [0.3, 0.4) is 0 Å². The third-order valence-electron chi connectivity index (χ3n) is 4.03. The summed E-state index contributed by atoms with van der Waals surface area (Å²) in [5.41, 5.74) is 4.18. The van der Waals surface area contributed by atoms with Gasteiger partial charge in [-0.25, -0.2) is 4.68 Å². The molecular weight excluding hydrogens is 302 g/mol. The SMILES string of the molecule is Cc1nn(-c2ccccc2)c(C)c1CCC(=O)Nc1ccn(C)n1. The second-order valence-electron chi connectivity index (χ2n) is 5.82. The summed E-state index contributed by atoms with van der Waals surface area (Å²) in [4.78, 5) is 12.1. The molecule has 0 unspecified atom stereocenters. The number of anilines is 1. The average Bonchev–Trinajstić information content (AvgIpc) is 3.10. The highest BCUT2D eigenvalue weighted by Crippen LogP contribution is 2.19. The largest absolute Gasteiger partial charge is 0.309 e. The van der Waals surface area contributed by atoms with Gasteiger partial charge in [0.2, 0.25) is 5.91 Å². The molecule has 0 saturated heterocycles. The molecule has 0 saturated carbocycles. The van der Waals surface area contributed by atoms with Gasteiger partial charge in [0.15, 0.2) is 5.82 Å². The van der Waals surface area contributed by atoms with Crippen molar-refractivity contribution in [2.45, 2.75) is 26.7 Å². The van der Waals surface area contributed by atoms with Gasteiger partial charge in [0, 0.05) is 31.4 Å². The van der Waals surface area contributed by atoms with E-state index in [1.807, 2.05) is 55.9 Å². The standard InChI is InChI=1S/C18H21N5O/c1-13-16(9-10-18(24)19-17-11-12-22(3)21-17)14(2)23(20-13)15-7-5-4-6-8-15/h4-8,11-12H,9-10H2,1-3H3,(H,19,21,24). The first kappa shape index (κ1) is 16.0. The average molecular weight is 323 g/mol. The molecule has 0 aliphatic heterocycles. The van der Waals surface area contributed by atoms with Crippen molar-refractivity contribution >= 4 is 11.7 Å². The van der Waals surface area contributed by atoms with E-state index < -0.39 is 0 Å². The van der Waals surface area contributed by atoms with Gasteiger partial charge >= 0.3 is 0 Å². The Morgan fingerprint density at radius 1 is 1.12 bits per heavy atom. The molecule has 6 nitrogen and oxygen atoms in total. The number of benzene rings is 1. The minimum absolute atomic E-state index is 0.0417. The van der Waals surface area contributed by atoms with Crippen molar-refractivity contribution in [2.24, 2.45) is 7.05 Å². The molecule has 124 valence electrons. The minimum Gasteiger partial charge on any atom is -0.309 e. The summed E-state index contributed by atoms with van der Waals surface area (Å²) in [5.74, 6) is 0.538. The normalized spacial score (nSPS) is 10.8. The molecular formula is C18H21N5O. The highest BCUT2D eigenvalue weighted by Gasteiger charge is 2.14. The maximum absolute atomic E-state index is 12.1. The summed E-state index contributed by atoms with van der Waals surface area (Å²) < 4.78 is 3.59. The van der Waals surface area contributed by atoms with Gasteiger partial charge in [0.1, 0.15) is 0 Å². The predicted octanol–water partition coefficient (Wildman–Crippen LogP) is 2.79. The molecule has 0 aliphatic rings. The molecule has 0 fully saturated rings. The van der Waals surface area contributed by atoms with Gasteiger partial charge in [-0.1, -0.05) is 18.2 Å². The first-order valence-corrected chi connectivity index (χ1v) is 7.94. The van der Waals surface area contributed by atoms with Gasteiger partial charge in [-0.2, -0.15) is 10.2 Å². The van der Waals surface area contributed by atoms with Gasteiger partial charge < -0.3 is 5.32 Å². The van der Waals surface area contributed by atoms with Crippen LogP contribution in [0.5, 0.6) is 0 Å². The van der Waals surface area contributed by atoms with Gasteiger partial charge in [-0.3, -0.25) is 9.48 Å². The summed E-state index contributed by atoms with van der Waals surface area (Å²) in [5, 5.41) is 11.6. The smallest absolute Gasteiger partial charge is 0.225 e. The molecule has 1 amide bonds. The number of hydrogen-bond donors (Lipinski definition) is 1. The van der Waals surface area contributed by atoms with E-state index in [0.29, 0.717) is 18.7 Å². The lowest BCUT2D eigenvalue weighted by atomic mass is 10.1. The Hall–Kier alpha value is -2.89. The van der Waals surface area contributed by atoms with Crippen molar-refractivity contribution in [3.8, 4) is 5.69 Å². The summed E-state index contributed by atoms with van der Waals surface area (Å²) >= 11 is 0. The molecule has 6 heteroatoms. The van der Waals surface area contributed by atoms with Gasteiger partial charge in [0.25, 0.3) is 0 Å². The number of nitrogens with one attached hydrogen (secondary N) is 1. The minimum atomic E-state index is -0.0417. The summed E-state index contributed by atoms with van der Waals surface area (Å²) in [6, 6.07) is 11.8. The number of nitrogens with zero attached hydrogens (tertiary/aromatic N) is 4. The number of rotatable bonds is 5. The number of carbonyl (C=O) groups is 1. The number of amides is 1. The van der Waals surface area contributed by atoms with Crippen molar-refractivity contribution < 1.29 is 4.79 Å². The first-order valence-electron chi connectivity index (χ1n) is 7.94. The van der Waals surface area contributed by atoms with Crippen molar-refractivity contribution in [1.82, 2.24) is 19.6 Å². The molecule has 0 spiro atoms. The van der Waals surface area contributed by atoms with Crippen LogP contribution in [0.25, 0.3) is 5.69 Å². The quantitative estimate of drug-likeness (QED) is 0.785. The van der Waals surface area contributed by atoms with Crippen LogP contribution in [-0.4, -0.2) is 25.5 Å². The molecule has 1 N–H and O–H groups in total. The topological polar surface area (TPSA) is 64.7 Å². The Labute approximate surface area is 141 Å². The molecule has 3 aromatic rings. The maximum atomic E-state index is 12.1. The monoisotopic (exact) mass is 323 g/mol. The van der Waals surface area contributed by atoms with Crippen LogP contribution in [0.1, 0.15) is 23.4 Å². The Morgan fingerprint density at radius 2 is 1.88 bits per heavy atom. The number of aryl methyl sites for hydroxylation is 2. The van der Waals surface area contributed by atoms with Gasteiger partial charge in [-0.05, 0) is 38.0 Å². The van der Waals surface area contributed by atoms with Gasteiger partial charge in [-0.15, -0.1) is 0 Å². The van der Waals surface area contributed by atoms with Crippen LogP contribution in [0.15, 0.2) is 42.6 Å². The van der Waals surface area contributed by atoms with E-state index in [2.05, 4.69) is 15.5 Å². The molecule has 0 bridgehead atoms.